The number of nitrogens with zero attached hydrogens (tertiary/aromatic N) is 2. The maximum Gasteiger partial charge on any atom is 0.245 e. The molecular formula is C26H41N3O2. The van der Waals surface area contributed by atoms with Gasteiger partial charge >= 0.3 is 0 Å². The van der Waals surface area contributed by atoms with E-state index in [2.05, 4.69) is 48.3 Å². The van der Waals surface area contributed by atoms with Crippen LogP contribution < -0.4 is 5.32 Å². The molecule has 1 unspecified atom stereocenters. The van der Waals surface area contributed by atoms with Gasteiger partial charge in [-0.25, -0.2) is 0 Å². The number of carbonyl (C=O) groups excluding carboxylic acids is 2. The Morgan fingerprint density at radius 2 is 1.68 bits per heavy atom. The Kier molecular flexibility index (Phi) is 12.0. The van der Waals surface area contributed by atoms with Crippen LogP contribution in [-0.2, 0) is 9.59 Å². The zero-order chi connectivity index (χ0) is 22.3. The van der Waals surface area contributed by atoms with Gasteiger partial charge in [-0.15, -0.1) is 0 Å². The van der Waals surface area contributed by atoms with Gasteiger partial charge in [0, 0.05) is 39.1 Å². The van der Waals surface area contributed by atoms with Gasteiger partial charge in [0.2, 0.25) is 11.8 Å². The molecule has 1 N–H and O–H groups in total. The highest BCUT2D eigenvalue weighted by atomic mass is 16.2. The summed E-state index contributed by atoms with van der Waals surface area (Å²) in [5, 5.41) is 3.01. The number of hydrogen-bond donors (Lipinski definition) is 1. The summed E-state index contributed by atoms with van der Waals surface area (Å²) in [6.07, 6.45) is 12.1. The van der Waals surface area contributed by atoms with Crippen LogP contribution in [0.4, 0.5) is 0 Å². The highest BCUT2D eigenvalue weighted by molar-refractivity contribution is 5.87. The van der Waals surface area contributed by atoms with Gasteiger partial charge in [0.1, 0.15) is 6.04 Å². The van der Waals surface area contributed by atoms with Crippen LogP contribution in [0.3, 0.4) is 0 Å². The number of carbonyl (C=O) groups is 2. The van der Waals surface area contributed by atoms with E-state index >= 15 is 0 Å². The Morgan fingerprint density at radius 1 is 0.968 bits per heavy atom. The molecule has 0 radical (unpaired) electrons. The van der Waals surface area contributed by atoms with Gasteiger partial charge in [0.15, 0.2) is 0 Å². The molecule has 1 heterocycles. The van der Waals surface area contributed by atoms with Crippen LogP contribution in [0.25, 0.3) is 6.08 Å². The second kappa shape index (κ2) is 14.8. The Morgan fingerprint density at radius 3 is 2.35 bits per heavy atom. The first kappa shape index (κ1) is 25.1. The molecule has 0 spiro atoms. The average Bonchev–Trinajstić information content (AvgIpc) is 2.79. The topological polar surface area (TPSA) is 52.7 Å². The molecule has 31 heavy (non-hydrogen) atoms. The van der Waals surface area contributed by atoms with Crippen LogP contribution in [0.2, 0.25) is 0 Å². The molecule has 2 rings (SSSR count). The van der Waals surface area contributed by atoms with Crippen molar-refractivity contribution in [1.29, 1.82) is 0 Å². The van der Waals surface area contributed by atoms with E-state index in [1.165, 1.54) is 24.8 Å². The summed E-state index contributed by atoms with van der Waals surface area (Å²) in [7, 11) is 0. The zero-order valence-electron chi connectivity index (χ0n) is 19.5. The molecule has 2 amide bonds. The van der Waals surface area contributed by atoms with Crippen LogP contribution in [0, 0.1) is 0 Å². The first-order valence-corrected chi connectivity index (χ1v) is 12.2. The lowest BCUT2D eigenvalue weighted by Crippen LogP contribution is -2.54. The number of piperazine rings is 1. The van der Waals surface area contributed by atoms with E-state index in [1.807, 2.05) is 23.1 Å². The van der Waals surface area contributed by atoms with Gasteiger partial charge in [0.25, 0.3) is 0 Å². The highest BCUT2D eigenvalue weighted by Gasteiger charge is 2.27. The van der Waals surface area contributed by atoms with Gasteiger partial charge < -0.3 is 10.2 Å². The minimum Gasteiger partial charge on any atom is -0.344 e. The third-order valence-electron chi connectivity index (χ3n) is 5.88. The predicted octanol–water partition coefficient (Wildman–Crippen LogP) is 4.49. The fraction of sp³-hybridized carbons (Fsp3) is 0.615. The van der Waals surface area contributed by atoms with Gasteiger partial charge in [-0.2, -0.15) is 0 Å². The molecule has 0 bridgehead atoms. The van der Waals surface area contributed by atoms with E-state index in [9.17, 15) is 9.59 Å². The Bertz CT molecular complexity index is 666. The smallest absolute Gasteiger partial charge is 0.245 e. The monoisotopic (exact) mass is 427 g/mol. The van der Waals surface area contributed by atoms with E-state index < -0.39 is 0 Å². The summed E-state index contributed by atoms with van der Waals surface area (Å²) < 4.78 is 0. The normalized spacial score (nSPS) is 15.9. The van der Waals surface area contributed by atoms with Gasteiger partial charge in [-0.1, -0.05) is 88.4 Å². The van der Waals surface area contributed by atoms with Crippen molar-refractivity contribution in [1.82, 2.24) is 15.1 Å². The molecule has 1 aliphatic heterocycles. The number of benzene rings is 1. The second-order valence-corrected chi connectivity index (χ2v) is 8.51. The van der Waals surface area contributed by atoms with Gasteiger partial charge in [0.05, 0.1) is 0 Å². The lowest BCUT2D eigenvalue weighted by atomic mass is 10.1. The van der Waals surface area contributed by atoms with Crippen molar-refractivity contribution in [2.24, 2.45) is 0 Å². The van der Waals surface area contributed by atoms with Gasteiger partial charge in [-0.3, -0.25) is 14.5 Å². The maximum absolute atomic E-state index is 13.0. The van der Waals surface area contributed by atoms with E-state index in [0.717, 1.165) is 52.0 Å². The first-order valence-electron chi connectivity index (χ1n) is 12.2. The number of nitrogens with one attached hydrogen (secondary N) is 1. The molecule has 1 saturated heterocycles. The highest BCUT2D eigenvalue weighted by Crippen LogP contribution is 2.10. The quantitative estimate of drug-likeness (QED) is 0.472. The van der Waals surface area contributed by atoms with Crippen molar-refractivity contribution in [2.75, 3.05) is 32.7 Å². The maximum atomic E-state index is 13.0. The molecule has 1 aromatic carbocycles. The number of unbranched alkanes of at least 4 members (excludes halogenated alkanes) is 4. The van der Waals surface area contributed by atoms with Crippen LogP contribution in [0.5, 0.6) is 0 Å². The Hall–Kier alpha value is -2.14. The van der Waals surface area contributed by atoms with E-state index in [1.54, 1.807) is 0 Å². The Balaban J connectivity index is 1.73. The summed E-state index contributed by atoms with van der Waals surface area (Å²) in [4.78, 5) is 29.7. The largest absolute Gasteiger partial charge is 0.344 e. The first-order chi connectivity index (χ1) is 15.1. The van der Waals surface area contributed by atoms with Crippen LogP contribution in [0.1, 0.15) is 70.8 Å². The van der Waals surface area contributed by atoms with Crippen molar-refractivity contribution in [3.05, 3.63) is 42.0 Å². The molecule has 0 aromatic heterocycles. The van der Waals surface area contributed by atoms with Crippen molar-refractivity contribution in [3.8, 4) is 0 Å². The molecule has 0 aliphatic carbocycles. The summed E-state index contributed by atoms with van der Waals surface area (Å²) in [5.74, 6) is 0.105. The molecule has 1 aromatic rings. The van der Waals surface area contributed by atoms with Crippen molar-refractivity contribution < 1.29 is 9.59 Å². The third-order valence-corrected chi connectivity index (χ3v) is 5.88. The minimum absolute atomic E-state index is 0.0213. The van der Waals surface area contributed by atoms with E-state index in [0.29, 0.717) is 12.8 Å². The summed E-state index contributed by atoms with van der Waals surface area (Å²) in [5.41, 5.74) is 1.21. The lowest BCUT2D eigenvalue weighted by molar-refractivity contribution is -0.138. The average molecular weight is 428 g/mol. The van der Waals surface area contributed by atoms with Crippen LogP contribution in [0.15, 0.2) is 36.4 Å². The van der Waals surface area contributed by atoms with Crippen molar-refractivity contribution >= 4 is 17.9 Å². The molecule has 172 valence electrons. The molecule has 5 heteroatoms. The van der Waals surface area contributed by atoms with Crippen LogP contribution >= 0.6 is 0 Å². The van der Waals surface area contributed by atoms with Gasteiger partial charge in [-0.05, 0) is 18.4 Å². The fourth-order valence-corrected chi connectivity index (χ4v) is 3.97. The van der Waals surface area contributed by atoms with E-state index in [-0.39, 0.29) is 17.9 Å². The molecule has 1 fully saturated rings. The molecule has 1 aliphatic rings. The summed E-state index contributed by atoms with van der Waals surface area (Å²) in [6.45, 7) is 8.34. The van der Waals surface area contributed by atoms with Crippen molar-refractivity contribution in [2.45, 2.75) is 71.3 Å². The Labute approximate surface area is 188 Å². The number of rotatable bonds is 13. The van der Waals surface area contributed by atoms with Crippen molar-refractivity contribution in [3.63, 3.8) is 0 Å². The molecule has 5 nitrogen and oxygen atoms in total. The predicted molar refractivity (Wildman–Crippen MR) is 129 cm³/mol. The number of hydrogen-bond acceptors (Lipinski definition) is 3. The second-order valence-electron chi connectivity index (χ2n) is 8.51. The number of amides is 2. The lowest BCUT2D eigenvalue weighted by Gasteiger charge is -2.36. The molecule has 0 saturated carbocycles. The zero-order valence-corrected chi connectivity index (χ0v) is 19.5. The fourth-order valence-electron chi connectivity index (χ4n) is 3.97. The SMILES string of the molecule is CCCCCCCC(=O)NC(CCC)C(=O)N1CCN(C/C=C/c2ccccc2)CC1. The molecular weight excluding hydrogens is 386 g/mol. The minimum atomic E-state index is -0.377. The summed E-state index contributed by atoms with van der Waals surface area (Å²) in [6, 6.07) is 9.93. The molecule has 1 atom stereocenters. The van der Waals surface area contributed by atoms with Crippen LogP contribution in [-0.4, -0.2) is 60.4 Å². The third kappa shape index (κ3) is 9.69. The standard InChI is InChI=1S/C26H41N3O2/c1-3-5-6-7-11-17-25(30)27-24(13-4-2)26(31)29-21-19-28(20-22-29)18-12-16-23-14-9-8-10-15-23/h8-10,12,14-16,24H,3-7,11,13,17-22H2,1-2H3,(H,27,30)/b16-12+. The summed E-state index contributed by atoms with van der Waals surface area (Å²) >= 11 is 0. The van der Waals surface area contributed by atoms with E-state index in [4.69, 9.17) is 0 Å².